The Labute approximate surface area is 156 Å². The Kier molecular flexibility index (Phi) is 8.58. The van der Waals surface area contributed by atoms with Gasteiger partial charge in [-0.25, -0.2) is 9.59 Å². The van der Waals surface area contributed by atoms with E-state index in [1.54, 1.807) is 19.9 Å². The quantitative estimate of drug-likeness (QED) is 0.700. The Balaban J connectivity index is 2.85. The maximum Gasteiger partial charge on any atom is 0.413 e. The molecule has 2 N–H and O–H groups in total. The van der Waals surface area contributed by atoms with Gasteiger partial charge in [-0.3, -0.25) is 0 Å². The third-order valence-corrected chi connectivity index (χ3v) is 4.48. The number of benzene rings is 1. The van der Waals surface area contributed by atoms with Gasteiger partial charge in [0.15, 0.2) is 0 Å². The number of ether oxygens (including phenoxy) is 1. The number of amides is 1. The van der Waals surface area contributed by atoms with Crippen LogP contribution in [0.2, 0.25) is 0 Å². The summed E-state index contributed by atoms with van der Waals surface area (Å²) in [6.07, 6.45) is 0.233. The van der Waals surface area contributed by atoms with Crippen LogP contribution in [0.4, 0.5) is 4.79 Å². The van der Waals surface area contributed by atoms with Crippen molar-refractivity contribution >= 4 is 12.1 Å². The van der Waals surface area contributed by atoms with Gasteiger partial charge in [-0.2, -0.15) is 0 Å². The van der Waals surface area contributed by atoms with Gasteiger partial charge in [0.2, 0.25) is 0 Å². The highest BCUT2D eigenvalue weighted by molar-refractivity contribution is 5.81. The molecule has 1 rings (SSSR count). The van der Waals surface area contributed by atoms with Crippen molar-refractivity contribution < 1.29 is 19.4 Å². The smallest absolute Gasteiger partial charge is 0.413 e. The third kappa shape index (κ3) is 6.67. The van der Waals surface area contributed by atoms with Crippen molar-refractivity contribution in [3.63, 3.8) is 0 Å². The molecule has 0 radical (unpaired) electrons. The van der Waals surface area contributed by atoms with E-state index < -0.39 is 18.1 Å². The van der Waals surface area contributed by atoms with Crippen molar-refractivity contribution in [2.45, 2.75) is 46.1 Å². The molecule has 0 heterocycles. The minimum absolute atomic E-state index is 0.234. The van der Waals surface area contributed by atoms with Crippen LogP contribution in [-0.2, 0) is 4.79 Å². The molecule has 0 spiro atoms. The second-order valence-electron chi connectivity index (χ2n) is 7.42. The zero-order valence-electron chi connectivity index (χ0n) is 16.7. The summed E-state index contributed by atoms with van der Waals surface area (Å²) in [5.41, 5.74) is 1.12. The second-order valence-corrected chi connectivity index (χ2v) is 7.42. The highest BCUT2D eigenvalue weighted by Gasteiger charge is 2.24. The summed E-state index contributed by atoms with van der Waals surface area (Å²) in [7, 11) is 4.11. The van der Waals surface area contributed by atoms with Gasteiger partial charge < -0.3 is 20.1 Å². The number of carboxylic acids is 1. The van der Waals surface area contributed by atoms with Gasteiger partial charge in [0.25, 0.3) is 0 Å². The molecule has 0 saturated carbocycles. The van der Waals surface area contributed by atoms with Gasteiger partial charge in [-0.15, -0.1) is 0 Å². The third-order valence-electron chi connectivity index (χ3n) is 4.48. The molecule has 6 heteroatoms. The zero-order valence-corrected chi connectivity index (χ0v) is 16.7. The highest BCUT2D eigenvalue weighted by Crippen LogP contribution is 2.30. The first kappa shape index (κ1) is 22.0. The predicted molar refractivity (Wildman–Crippen MR) is 103 cm³/mol. The molecule has 6 nitrogen and oxygen atoms in total. The Hall–Kier alpha value is -2.08. The number of aliphatic carboxylic acids is 1. The molecule has 1 aromatic carbocycles. The molecule has 0 saturated heterocycles. The van der Waals surface area contributed by atoms with Crippen LogP contribution in [0, 0.1) is 11.8 Å². The summed E-state index contributed by atoms with van der Waals surface area (Å²) in [5, 5.41) is 11.6. The normalized spacial score (nSPS) is 14.8. The molecule has 0 aromatic heterocycles. The zero-order chi connectivity index (χ0) is 19.9. The van der Waals surface area contributed by atoms with E-state index in [4.69, 9.17) is 9.84 Å². The summed E-state index contributed by atoms with van der Waals surface area (Å²) in [4.78, 5) is 25.4. The second kappa shape index (κ2) is 10.2. The fourth-order valence-corrected chi connectivity index (χ4v) is 3.26. The minimum atomic E-state index is -1.07. The maximum absolute atomic E-state index is 12.1. The lowest BCUT2D eigenvalue weighted by Crippen LogP contribution is -2.45. The summed E-state index contributed by atoms with van der Waals surface area (Å²) >= 11 is 0. The van der Waals surface area contributed by atoms with Crippen LogP contribution >= 0.6 is 0 Å². The van der Waals surface area contributed by atoms with E-state index in [-0.39, 0.29) is 5.92 Å². The Morgan fingerprint density at radius 3 is 2.38 bits per heavy atom. The number of nitrogens with zero attached hydrogens (tertiary/aromatic N) is 1. The molecule has 146 valence electrons. The lowest BCUT2D eigenvalue weighted by Gasteiger charge is -2.26. The number of rotatable bonds is 9. The van der Waals surface area contributed by atoms with Gasteiger partial charge in [0.1, 0.15) is 11.8 Å². The van der Waals surface area contributed by atoms with Crippen LogP contribution in [0.15, 0.2) is 24.3 Å². The topological polar surface area (TPSA) is 78.9 Å². The summed E-state index contributed by atoms with van der Waals surface area (Å²) in [6.45, 7) is 8.81. The van der Waals surface area contributed by atoms with Crippen molar-refractivity contribution in [1.29, 1.82) is 0 Å². The van der Waals surface area contributed by atoms with E-state index in [9.17, 15) is 9.59 Å². The number of carboxylic acid groups (broad SMARTS) is 1. The van der Waals surface area contributed by atoms with Crippen LogP contribution in [0.25, 0.3) is 0 Å². The van der Waals surface area contributed by atoms with Gasteiger partial charge in [0, 0.05) is 6.54 Å². The molecule has 0 fully saturated rings. The molecular weight excluding hydrogens is 332 g/mol. The van der Waals surface area contributed by atoms with Gasteiger partial charge in [-0.05, 0) is 56.0 Å². The molecule has 0 aliphatic carbocycles. The largest absolute Gasteiger partial charge is 0.480 e. The van der Waals surface area contributed by atoms with E-state index >= 15 is 0 Å². The summed E-state index contributed by atoms with van der Waals surface area (Å²) in [5.74, 6) is -0.0803. The molecule has 2 unspecified atom stereocenters. The number of hydrogen-bond donors (Lipinski definition) is 2. The summed E-state index contributed by atoms with van der Waals surface area (Å²) in [6, 6.07) is 6.50. The average molecular weight is 364 g/mol. The standard InChI is InChI=1S/C20H32N2O4/c1-7-17(14(4)12-22(5)6)15-9-8-10-16(11-15)26-20(25)21-18(13(2)3)19(23)24/h8-11,13-14,17-18H,7,12H2,1-6H3,(H,21,25)(H,23,24)/t14?,17-,18?/m0/s1. The van der Waals surface area contributed by atoms with Crippen molar-refractivity contribution in [2.24, 2.45) is 11.8 Å². The van der Waals surface area contributed by atoms with Gasteiger partial charge >= 0.3 is 12.1 Å². The van der Waals surface area contributed by atoms with E-state index in [1.165, 1.54) is 0 Å². The van der Waals surface area contributed by atoms with Crippen LogP contribution < -0.4 is 10.1 Å². The van der Waals surface area contributed by atoms with Gasteiger partial charge in [-0.1, -0.05) is 39.8 Å². The molecule has 0 aliphatic rings. The lowest BCUT2D eigenvalue weighted by atomic mass is 9.85. The number of carbonyl (C=O) groups excluding carboxylic acids is 1. The Bertz CT molecular complexity index is 601. The molecule has 1 aromatic rings. The number of carbonyl (C=O) groups is 2. The number of hydrogen-bond acceptors (Lipinski definition) is 4. The Morgan fingerprint density at radius 1 is 1.23 bits per heavy atom. The van der Waals surface area contributed by atoms with Crippen molar-refractivity contribution in [3.05, 3.63) is 29.8 Å². The molecule has 0 bridgehead atoms. The fraction of sp³-hybridized carbons (Fsp3) is 0.600. The maximum atomic E-state index is 12.1. The minimum Gasteiger partial charge on any atom is -0.480 e. The highest BCUT2D eigenvalue weighted by atomic mass is 16.6. The van der Waals surface area contributed by atoms with Gasteiger partial charge in [0.05, 0.1) is 0 Å². The SMILES string of the molecule is CC[C@H](c1cccc(OC(=O)NC(C(=O)O)C(C)C)c1)C(C)CN(C)C. The molecule has 3 atom stereocenters. The van der Waals surface area contributed by atoms with Crippen LogP contribution in [0.3, 0.4) is 0 Å². The van der Waals surface area contributed by atoms with E-state index in [1.807, 2.05) is 18.2 Å². The van der Waals surface area contributed by atoms with Crippen molar-refractivity contribution in [1.82, 2.24) is 10.2 Å². The molecule has 1 amide bonds. The first-order chi connectivity index (χ1) is 12.1. The van der Waals surface area contributed by atoms with Crippen LogP contribution in [0.1, 0.15) is 45.6 Å². The van der Waals surface area contributed by atoms with Crippen molar-refractivity contribution in [2.75, 3.05) is 20.6 Å². The summed E-state index contributed by atoms with van der Waals surface area (Å²) < 4.78 is 5.32. The van der Waals surface area contributed by atoms with Crippen LogP contribution in [0.5, 0.6) is 5.75 Å². The average Bonchev–Trinajstić information content (AvgIpc) is 2.52. The lowest BCUT2D eigenvalue weighted by molar-refractivity contribution is -0.140. The monoisotopic (exact) mass is 364 g/mol. The van der Waals surface area contributed by atoms with Crippen molar-refractivity contribution in [3.8, 4) is 5.75 Å². The first-order valence-electron chi connectivity index (χ1n) is 9.11. The fourth-order valence-electron chi connectivity index (χ4n) is 3.26. The van der Waals surface area contributed by atoms with Crippen LogP contribution in [-0.4, -0.2) is 48.8 Å². The molecule has 0 aliphatic heterocycles. The predicted octanol–water partition coefficient (Wildman–Crippen LogP) is 3.58. The molecule has 26 heavy (non-hydrogen) atoms. The van der Waals surface area contributed by atoms with E-state index in [0.29, 0.717) is 17.6 Å². The number of nitrogens with one attached hydrogen (secondary N) is 1. The molecular formula is C20H32N2O4. The first-order valence-corrected chi connectivity index (χ1v) is 9.11. The van der Waals surface area contributed by atoms with E-state index in [2.05, 4.69) is 38.2 Å². The van der Waals surface area contributed by atoms with E-state index in [0.717, 1.165) is 18.5 Å². The Morgan fingerprint density at radius 2 is 1.88 bits per heavy atom.